The monoisotopic (exact) mass is 266 g/mol. The van der Waals surface area contributed by atoms with Gasteiger partial charge in [-0.1, -0.05) is 19.8 Å². The van der Waals surface area contributed by atoms with E-state index in [0.29, 0.717) is 12.1 Å². The molecule has 0 amide bonds. The van der Waals surface area contributed by atoms with Crippen LogP contribution in [0.15, 0.2) is 0 Å². The summed E-state index contributed by atoms with van der Waals surface area (Å²) >= 11 is 1.84. The number of aromatic nitrogens is 1. The van der Waals surface area contributed by atoms with Crippen LogP contribution in [0.3, 0.4) is 0 Å². The van der Waals surface area contributed by atoms with Crippen molar-refractivity contribution in [2.45, 2.75) is 71.9 Å². The third-order valence-electron chi connectivity index (χ3n) is 4.08. The molecule has 0 spiro atoms. The van der Waals surface area contributed by atoms with Crippen LogP contribution < -0.4 is 5.32 Å². The number of thiazole rings is 1. The van der Waals surface area contributed by atoms with E-state index in [1.165, 1.54) is 47.7 Å². The standard InChI is InChI=1S/C15H26N2S/c1-10-6-5-7-14(9-8-10)17-12(3)15-11(2)16-13(4)18-15/h10,12,14,17H,5-9H2,1-4H3. The van der Waals surface area contributed by atoms with Crippen LogP contribution in [0.1, 0.15) is 67.6 Å². The van der Waals surface area contributed by atoms with E-state index in [0.717, 1.165) is 5.92 Å². The highest BCUT2D eigenvalue weighted by molar-refractivity contribution is 7.11. The Morgan fingerprint density at radius 2 is 2.00 bits per heavy atom. The lowest BCUT2D eigenvalue weighted by Gasteiger charge is -2.21. The van der Waals surface area contributed by atoms with E-state index in [1.54, 1.807) is 0 Å². The van der Waals surface area contributed by atoms with Gasteiger partial charge in [0.2, 0.25) is 0 Å². The summed E-state index contributed by atoms with van der Waals surface area (Å²) in [5.74, 6) is 0.916. The van der Waals surface area contributed by atoms with Gasteiger partial charge in [0.1, 0.15) is 0 Å². The van der Waals surface area contributed by atoms with Crippen molar-refractivity contribution in [1.29, 1.82) is 0 Å². The molecule has 18 heavy (non-hydrogen) atoms. The normalized spacial score (nSPS) is 26.9. The van der Waals surface area contributed by atoms with Gasteiger partial charge in [0.05, 0.1) is 10.7 Å². The van der Waals surface area contributed by atoms with Crippen LogP contribution in [0.4, 0.5) is 0 Å². The van der Waals surface area contributed by atoms with E-state index in [1.807, 2.05) is 11.3 Å². The van der Waals surface area contributed by atoms with Gasteiger partial charge in [-0.05, 0) is 46.0 Å². The first-order valence-corrected chi connectivity index (χ1v) is 8.08. The maximum atomic E-state index is 4.53. The van der Waals surface area contributed by atoms with Crippen molar-refractivity contribution in [2.24, 2.45) is 5.92 Å². The molecule has 0 aromatic carbocycles. The lowest BCUT2D eigenvalue weighted by Crippen LogP contribution is -2.31. The highest BCUT2D eigenvalue weighted by atomic mass is 32.1. The zero-order valence-corrected chi connectivity index (χ0v) is 12.9. The maximum Gasteiger partial charge on any atom is 0.0900 e. The second kappa shape index (κ2) is 6.16. The van der Waals surface area contributed by atoms with Gasteiger partial charge in [0.15, 0.2) is 0 Å². The molecule has 102 valence electrons. The summed E-state index contributed by atoms with van der Waals surface area (Å²) in [4.78, 5) is 5.96. The fourth-order valence-electron chi connectivity index (χ4n) is 3.03. The number of hydrogen-bond acceptors (Lipinski definition) is 3. The minimum Gasteiger partial charge on any atom is -0.307 e. The Kier molecular flexibility index (Phi) is 4.79. The fourth-order valence-corrected chi connectivity index (χ4v) is 3.97. The van der Waals surface area contributed by atoms with Crippen LogP contribution in [0.2, 0.25) is 0 Å². The number of rotatable bonds is 3. The first-order valence-electron chi connectivity index (χ1n) is 7.26. The molecule has 2 nitrogen and oxygen atoms in total. The summed E-state index contributed by atoms with van der Waals surface area (Å²) in [6, 6.07) is 1.15. The average Bonchev–Trinajstić information content (AvgIpc) is 2.51. The summed E-state index contributed by atoms with van der Waals surface area (Å²) < 4.78 is 0. The van der Waals surface area contributed by atoms with Crippen LogP contribution in [0, 0.1) is 19.8 Å². The van der Waals surface area contributed by atoms with E-state index >= 15 is 0 Å². The lowest BCUT2D eigenvalue weighted by molar-refractivity contribution is 0.410. The van der Waals surface area contributed by atoms with Gasteiger partial charge in [0.25, 0.3) is 0 Å². The van der Waals surface area contributed by atoms with Crippen molar-refractivity contribution in [1.82, 2.24) is 10.3 Å². The highest BCUT2D eigenvalue weighted by Crippen LogP contribution is 2.28. The van der Waals surface area contributed by atoms with Gasteiger partial charge < -0.3 is 5.32 Å². The third kappa shape index (κ3) is 3.55. The summed E-state index contributed by atoms with van der Waals surface area (Å²) in [5, 5.41) is 5.01. The largest absolute Gasteiger partial charge is 0.307 e. The van der Waals surface area contributed by atoms with Crippen LogP contribution >= 0.6 is 11.3 Å². The first kappa shape index (κ1) is 14.0. The number of nitrogens with zero attached hydrogens (tertiary/aromatic N) is 1. The van der Waals surface area contributed by atoms with Gasteiger partial charge in [-0.15, -0.1) is 11.3 Å². The van der Waals surface area contributed by atoms with Gasteiger partial charge >= 0.3 is 0 Å². The third-order valence-corrected chi connectivity index (χ3v) is 5.33. The molecule has 1 aromatic rings. The topological polar surface area (TPSA) is 24.9 Å². The molecule has 1 aliphatic carbocycles. The van der Waals surface area contributed by atoms with Gasteiger partial charge in [-0.25, -0.2) is 4.98 Å². The Hall–Kier alpha value is -0.410. The summed E-state index contributed by atoms with van der Waals surface area (Å²) in [7, 11) is 0. The van der Waals surface area contributed by atoms with Crippen LogP contribution in [-0.4, -0.2) is 11.0 Å². The Labute approximate surface area is 115 Å². The number of hydrogen-bond donors (Lipinski definition) is 1. The molecule has 3 atom stereocenters. The molecule has 1 heterocycles. The Morgan fingerprint density at radius 3 is 2.67 bits per heavy atom. The van der Waals surface area contributed by atoms with E-state index in [9.17, 15) is 0 Å². The average molecular weight is 266 g/mol. The molecular formula is C15H26N2S. The second-order valence-corrected chi connectivity index (χ2v) is 7.12. The minimum absolute atomic E-state index is 0.453. The zero-order valence-electron chi connectivity index (χ0n) is 12.1. The number of nitrogens with one attached hydrogen (secondary N) is 1. The van der Waals surface area contributed by atoms with Crippen LogP contribution in [-0.2, 0) is 0 Å². The van der Waals surface area contributed by atoms with E-state index in [2.05, 4.69) is 38.0 Å². The Bertz CT molecular complexity index is 386. The van der Waals surface area contributed by atoms with E-state index < -0.39 is 0 Å². The quantitative estimate of drug-likeness (QED) is 0.821. The predicted octanol–water partition coefficient (Wildman–Crippen LogP) is 4.38. The van der Waals surface area contributed by atoms with Gasteiger partial charge in [-0.3, -0.25) is 0 Å². The van der Waals surface area contributed by atoms with Crippen molar-refractivity contribution in [3.8, 4) is 0 Å². The summed E-state index contributed by atoms with van der Waals surface area (Å²) in [6.45, 7) is 8.91. The Morgan fingerprint density at radius 1 is 1.22 bits per heavy atom. The molecule has 1 N–H and O–H groups in total. The fraction of sp³-hybridized carbons (Fsp3) is 0.800. The van der Waals surface area contributed by atoms with Gasteiger partial charge in [0, 0.05) is 17.0 Å². The number of aryl methyl sites for hydroxylation is 2. The molecule has 2 rings (SSSR count). The molecule has 1 fully saturated rings. The second-order valence-electron chi connectivity index (χ2n) is 5.88. The van der Waals surface area contributed by atoms with E-state index in [-0.39, 0.29) is 0 Å². The molecule has 1 saturated carbocycles. The molecule has 3 heteroatoms. The summed E-state index contributed by atoms with van der Waals surface area (Å²) in [5.41, 5.74) is 1.21. The van der Waals surface area contributed by atoms with E-state index in [4.69, 9.17) is 0 Å². The highest BCUT2D eigenvalue weighted by Gasteiger charge is 2.20. The summed E-state index contributed by atoms with van der Waals surface area (Å²) in [6.07, 6.45) is 6.84. The smallest absolute Gasteiger partial charge is 0.0900 e. The lowest BCUT2D eigenvalue weighted by atomic mass is 10.0. The zero-order chi connectivity index (χ0) is 13.1. The minimum atomic E-state index is 0.453. The van der Waals surface area contributed by atoms with Crippen LogP contribution in [0.5, 0.6) is 0 Å². The molecular weight excluding hydrogens is 240 g/mol. The predicted molar refractivity (Wildman–Crippen MR) is 79.2 cm³/mol. The van der Waals surface area contributed by atoms with Crippen molar-refractivity contribution < 1.29 is 0 Å². The van der Waals surface area contributed by atoms with Crippen molar-refractivity contribution in [3.05, 3.63) is 15.6 Å². The molecule has 0 saturated heterocycles. The van der Waals surface area contributed by atoms with Gasteiger partial charge in [-0.2, -0.15) is 0 Å². The molecule has 0 aliphatic heterocycles. The molecule has 0 radical (unpaired) electrons. The van der Waals surface area contributed by atoms with Crippen LogP contribution in [0.25, 0.3) is 0 Å². The maximum absolute atomic E-state index is 4.53. The SMILES string of the molecule is Cc1nc(C)c(C(C)NC2CCCC(C)CC2)s1. The first-order chi connectivity index (χ1) is 8.56. The van der Waals surface area contributed by atoms with Crippen molar-refractivity contribution in [2.75, 3.05) is 0 Å². The molecule has 0 bridgehead atoms. The molecule has 3 unspecified atom stereocenters. The van der Waals surface area contributed by atoms with Crippen molar-refractivity contribution >= 4 is 11.3 Å². The molecule has 1 aromatic heterocycles. The van der Waals surface area contributed by atoms with Crippen molar-refractivity contribution in [3.63, 3.8) is 0 Å². The molecule has 1 aliphatic rings. The Balaban J connectivity index is 1.94.